The summed E-state index contributed by atoms with van der Waals surface area (Å²) in [5.41, 5.74) is -0.987. The number of aliphatic carboxylic acids is 1. The Morgan fingerprint density at radius 1 is 0.944 bits per heavy atom. The molecule has 0 spiro atoms. The van der Waals surface area contributed by atoms with E-state index >= 15 is 0 Å². The maximum absolute atomic E-state index is 12.1. The van der Waals surface area contributed by atoms with E-state index in [9.17, 15) is 14.7 Å². The fourth-order valence-electron chi connectivity index (χ4n) is 2.66. The molecule has 1 heterocycles. The standard InChI is InChI=1S/C13H22N2O3/c16-11(17)13(7-6-8-13)14-12(18)15-9-4-2-1-3-5-10-15/h1-10H2,(H,14,18)(H,16,17). The van der Waals surface area contributed by atoms with Crippen LogP contribution in [0.1, 0.15) is 51.4 Å². The number of amides is 2. The average molecular weight is 254 g/mol. The van der Waals surface area contributed by atoms with Crippen LogP contribution in [0.5, 0.6) is 0 Å². The highest BCUT2D eigenvalue weighted by molar-refractivity contribution is 5.87. The van der Waals surface area contributed by atoms with Gasteiger partial charge in [-0.1, -0.05) is 19.3 Å². The number of hydrogen-bond donors (Lipinski definition) is 2. The molecular formula is C13H22N2O3. The van der Waals surface area contributed by atoms with Gasteiger partial charge in [-0.15, -0.1) is 0 Å². The van der Waals surface area contributed by atoms with Crippen molar-refractivity contribution in [2.24, 2.45) is 0 Å². The topological polar surface area (TPSA) is 69.6 Å². The van der Waals surface area contributed by atoms with E-state index in [0.717, 1.165) is 45.2 Å². The first-order valence-electron chi connectivity index (χ1n) is 6.95. The van der Waals surface area contributed by atoms with Crippen LogP contribution in [0.25, 0.3) is 0 Å². The Morgan fingerprint density at radius 2 is 1.50 bits per heavy atom. The minimum absolute atomic E-state index is 0.195. The normalized spacial score (nSPS) is 23.4. The van der Waals surface area contributed by atoms with E-state index < -0.39 is 11.5 Å². The molecule has 1 saturated heterocycles. The summed E-state index contributed by atoms with van der Waals surface area (Å²) >= 11 is 0. The second-order valence-electron chi connectivity index (χ2n) is 5.43. The summed E-state index contributed by atoms with van der Waals surface area (Å²) in [6.45, 7) is 1.50. The molecule has 2 N–H and O–H groups in total. The fraction of sp³-hybridized carbons (Fsp3) is 0.846. The molecule has 2 aliphatic rings. The number of hydrogen-bond acceptors (Lipinski definition) is 2. The van der Waals surface area contributed by atoms with E-state index in [1.807, 2.05) is 0 Å². The molecular weight excluding hydrogens is 232 g/mol. The van der Waals surface area contributed by atoms with Crippen LogP contribution in [-0.4, -0.2) is 40.6 Å². The zero-order valence-electron chi connectivity index (χ0n) is 10.8. The van der Waals surface area contributed by atoms with Gasteiger partial charge in [-0.05, 0) is 32.1 Å². The molecule has 18 heavy (non-hydrogen) atoms. The molecule has 0 radical (unpaired) electrons. The molecule has 2 fully saturated rings. The van der Waals surface area contributed by atoms with Crippen LogP contribution in [0.15, 0.2) is 0 Å². The lowest BCUT2D eigenvalue weighted by Gasteiger charge is -2.40. The summed E-state index contributed by atoms with van der Waals surface area (Å²) in [6.07, 6.45) is 7.60. The molecule has 5 nitrogen and oxygen atoms in total. The molecule has 0 aromatic carbocycles. The van der Waals surface area contributed by atoms with Gasteiger partial charge in [0, 0.05) is 13.1 Å². The van der Waals surface area contributed by atoms with Gasteiger partial charge in [0.1, 0.15) is 5.54 Å². The third-order valence-corrected chi connectivity index (χ3v) is 4.11. The van der Waals surface area contributed by atoms with E-state index in [1.54, 1.807) is 4.90 Å². The lowest BCUT2D eigenvalue weighted by Crippen LogP contribution is -2.61. The third-order valence-electron chi connectivity index (χ3n) is 4.11. The first-order valence-corrected chi connectivity index (χ1v) is 6.95. The number of nitrogens with one attached hydrogen (secondary N) is 1. The number of nitrogens with zero attached hydrogens (tertiary/aromatic N) is 1. The first kappa shape index (κ1) is 13.2. The summed E-state index contributed by atoms with van der Waals surface area (Å²) in [7, 11) is 0. The smallest absolute Gasteiger partial charge is 0.329 e. The van der Waals surface area contributed by atoms with E-state index in [4.69, 9.17) is 0 Å². The predicted molar refractivity (Wildman–Crippen MR) is 67.4 cm³/mol. The Bertz CT molecular complexity index is 318. The molecule has 0 unspecified atom stereocenters. The minimum Gasteiger partial charge on any atom is -0.480 e. The number of carbonyl (C=O) groups is 2. The quantitative estimate of drug-likeness (QED) is 0.791. The maximum Gasteiger partial charge on any atom is 0.329 e. The van der Waals surface area contributed by atoms with E-state index in [0.29, 0.717) is 12.8 Å². The van der Waals surface area contributed by atoms with Crippen molar-refractivity contribution in [1.82, 2.24) is 10.2 Å². The Hall–Kier alpha value is -1.26. The van der Waals surface area contributed by atoms with Crippen LogP contribution in [-0.2, 0) is 4.79 Å². The fourth-order valence-corrected chi connectivity index (χ4v) is 2.66. The van der Waals surface area contributed by atoms with Crippen molar-refractivity contribution in [3.63, 3.8) is 0 Å². The molecule has 0 bridgehead atoms. The highest BCUT2D eigenvalue weighted by Crippen LogP contribution is 2.32. The second-order valence-corrected chi connectivity index (χ2v) is 5.43. The van der Waals surface area contributed by atoms with Gasteiger partial charge in [0.25, 0.3) is 0 Å². The van der Waals surface area contributed by atoms with Gasteiger partial charge in [0.2, 0.25) is 0 Å². The number of carboxylic acids is 1. The third kappa shape index (κ3) is 2.76. The van der Waals surface area contributed by atoms with Crippen molar-refractivity contribution >= 4 is 12.0 Å². The second kappa shape index (κ2) is 5.59. The summed E-state index contributed by atoms with van der Waals surface area (Å²) in [6, 6.07) is -0.195. The van der Waals surface area contributed by atoms with Crippen molar-refractivity contribution in [3.05, 3.63) is 0 Å². The van der Waals surface area contributed by atoms with Crippen molar-refractivity contribution < 1.29 is 14.7 Å². The summed E-state index contributed by atoms with van der Waals surface area (Å²) in [5, 5.41) is 11.9. The van der Waals surface area contributed by atoms with Gasteiger partial charge in [-0.3, -0.25) is 0 Å². The Labute approximate surface area is 108 Å². The van der Waals surface area contributed by atoms with Crippen LogP contribution >= 0.6 is 0 Å². The highest BCUT2D eigenvalue weighted by Gasteiger charge is 2.46. The van der Waals surface area contributed by atoms with Crippen molar-refractivity contribution in [3.8, 4) is 0 Å². The summed E-state index contributed by atoms with van der Waals surface area (Å²) in [5.74, 6) is -0.894. The lowest BCUT2D eigenvalue weighted by molar-refractivity contribution is -0.148. The van der Waals surface area contributed by atoms with Crippen LogP contribution in [0.3, 0.4) is 0 Å². The molecule has 5 heteroatoms. The molecule has 0 aromatic heterocycles. The van der Waals surface area contributed by atoms with E-state index in [-0.39, 0.29) is 6.03 Å². The molecule has 1 saturated carbocycles. The molecule has 1 aliphatic heterocycles. The van der Waals surface area contributed by atoms with Crippen molar-refractivity contribution in [1.29, 1.82) is 0 Å². The molecule has 0 atom stereocenters. The number of urea groups is 1. The monoisotopic (exact) mass is 254 g/mol. The van der Waals surface area contributed by atoms with Crippen LogP contribution in [0.4, 0.5) is 4.79 Å². The van der Waals surface area contributed by atoms with Crippen LogP contribution < -0.4 is 5.32 Å². The highest BCUT2D eigenvalue weighted by atomic mass is 16.4. The largest absolute Gasteiger partial charge is 0.480 e. The first-order chi connectivity index (χ1) is 8.64. The zero-order chi connectivity index (χ0) is 13.0. The molecule has 2 rings (SSSR count). The molecule has 1 aliphatic carbocycles. The van der Waals surface area contributed by atoms with Gasteiger partial charge in [-0.25, -0.2) is 9.59 Å². The van der Waals surface area contributed by atoms with Crippen LogP contribution in [0, 0.1) is 0 Å². The Kier molecular flexibility index (Phi) is 4.09. The van der Waals surface area contributed by atoms with Crippen LogP contribution in [0.2, 0.25) is 0 Å². The average Bonchev–Trinajstić information content (AvgIpc) is 2.21. The maximum atomic E-state index is 12.1. The lowest BCUT2D eigenvalue weighted by atomic mass is 9.77. The SMILES string of the molecule is O=C(NC1(C(=O)O)CCC1)N1CCCCCCC1. The summed E-state index contributed by atoms with van der Waals surface area (Å²) < 4.78 is 0. The summed E-state index contributed by atoms with van der Waals surface area (Å²) in [4.78, 5) is 25.1. The van der Waals surface area contributed by atoms with Gasteiger partial charge in [0.05, 0.1) is 0 Å². The molecule has 0 aromatic rings. The van der Waals surface area contributed by atoms with Crippen molar-refractivity contribution in [2.45, 2.75) is 56.9 Å². The number of likely N-dealkylation sites (tertiary alicyclic amines) is 1. The Balaban J connectivity index is 1.91. The predicted octanol–water partition coefficient (Wildman–Crippen LogP) is 1.97. The Morgan fingerprint density at radius 3 is 1.94 bits per heavy atom. The van der Waals surface area contributed by atoms with Gasteiger partial charge < -0.3 is 15.3 Å². The number of rotatable bonds is 2. The minimum atomic E-state index is -0.987. The number of carboxylic acid groups (broad SMARTS) is 1. The molecule has 2 amide bonds. The van der Waals surface area contributed by atoms with E-state index in [1.165, 1.54) is 6.42 Å². The number of carbonyl (C=O) groups excluding carboxylic acids is 1. The van der Waals surface area contributed by atoms with Gasteiger partial charge >= 0.3 is 12.0 Å². The molecule has 102 valence electrons. The van der Waals surface area contributed by atoms with Crippen molar-refractivity contribution in [2.75, 3.05) is 13.1 Å². The van der Waals surface area contributed by atoms with E-state index in [2.05, 4.69) is 5.32 Å². The zero-order valence-corrected chi connectivity index (χ0v) is 10.8. The van der Waals surface area contributed by atoms with Gasteiger partial charge in [-0.2, -0.15) is 0 Å². The van der Waals surface area contributed by atoms with Gasteiger partial charge in [0.15, 0.2) is 0 Å².